The number of methoxy groups -OCH3 is 1. The third kappa shape index (κ3) is 3.09. The minimum atomic E-state index is -1.05. The van der Waals surface area contributed by atoms with E-state index in [2.05, 4.69) is 10.3 Å². The molecule has 1 amide bonds. The van der Waals surface area contributed by atoms with Crippen LogP contribution >= 0.6 is 0 Å². The molecule has 0 aliphatic carbocycles. The fraction of sp³-hybridized carbons (Fsp3) is 0.400. The van der Waals surface area contributed by atoms with Gasteiger partial charge in [0.25, 0.3) is 0 Å². The lowest BCUT2D eigenvalue weighted by Crippen LogP contribution is -2.09. The molecule has 7 heteroatoms. The summed E-state index contributed by atoms with van der Waals surface area (Å²) in [6.07, 6.45) is 1.97. The number of amides is 1. The molecule has 0 unspecified atom stereocenters. The highest BCUT2D eigenvalue weighted by Crippen LogP contribution is 2.26. The Morgan fingerprint density at radius 3 is 2.86 bits per heavy atom. The van der Waals surface area contributed by atoms with Gasteiger partial charge in [-0.2, -0.15) is 0 Å². The highest BCUT2D eigenvalue weighted by atomic mass is 16.5. The van der Waals surface area contributed by atoms with Gasteiger partial charge in [-0.05, 0) is 18.6 Å². The molecule has 2 aromatic rings. The number of anilines is 1. The van der Waals surface area contributed by atoms with Gasteiger partial charge in [-0.25, -0.2) is 9.78 Å². The number of imidazole rings is 1. The van der Waals surface area contributed by atoms with Crippen molar-refractivity contribution < 1.29 is 19.4 Å². The van der Waals surface area contributed by atoms with Crippen molar-refractivity contribution in [3.05, 3.63) is 23.5 Å². The predicted molar refractivity (Wildman–Crippen MR) is 82.3 cm³/mol. The van der Waals surface area contributed by atoms with Crippen LogP contribution in [0.3, 0.4) is 0 Å². The number of aryl methyl sites for hydroxylation is 2. The highest BCUT2D eigenvalue weighted by molar-refractivity contribution is 6.03. The second kappa shape index (κ2) is 7.04. The summed E-state index contributed by atoms with van der Waals surface area (Å²) in [5.41, 5.74) is 1.70. The number of fused-ring (bicyclic) bond motifs is 1. The molecule has 0 aliphatic rings. The van der Waals surface area contributed by atoms with Crippen LogP contribution in [-0.2, 0) is 22.5 Å². The first kappa shape index (κ1) is 16.0. The first-order valence-corrected chi connectivity index (χ1v) is 7.08. The van der Waals surface area contributed by atoms with E-state index in [0.29, 0.717) is 42.7 Å². The van der Waals surface area contributed by atoms with Crippen LogP contribution in [0.25, 0.3) is 11.0 Å². The first-order chi connectivity index (χ1) is 10.6. The molecule has 0 aliphatic heterocycles. The summed E-state index contributed by atoms with van der Waals surface area (Å²) in [6, 6.07) is 3.13. The first-order valence-electron chi connectivity index (χ1n) is 7.08. The van der Waals surface area contributed by atoms with Gasteiger partial charge in [-0.3, -0.25) is 4.79 Å². The van der Waals surface area contributed by atoms with E-state index in [1.807, 2.05) is 11.5 Å². The Morgan fingerprint density at radius 2 is 2.27 bits per heavy atom. The summed E-state index contributed by atoms with van der Waals surface area (Å²) in [5.74, 6) is -0.230. The zero-order valence-electron chi connectivity index (χ0n) is 12.6. The molecular formula is C15H19N3O4. The number of nitrogens with one attached hydrogen (secondary N) is 1. The molecule has 0 radical (unpaired) electrons. The SMILES string of the molecule is CCc1nc2cc(NC=O)cc(C(=O)O)c2n1CCCOC. The molecule has 7 nitrogen and oxygen atoms in total. The van der Waals surface area contributed by atoms with Gasteiger partial charge >= 0.3 is 5.97 Å². The summed E-state index contributed by atoms with van der Waals surface area (Å²) in [6.45, 7) is 3.20. The number of hydrogen-bond acceptors (Lipinski definition) is 4. The lowest BCUT2D eigenvalue weighted by Gasteiger charge is -2.10. The maximum absolute atomic E-state index is 11.6. The van der Waals surface area contributed by atoms with Gasteiger partial charge in [-0.15, -0.1) is 0 Å². The van der Waals surface area contributed by atoms with Crippen LogP contribution in [-0.4, -0.2) is 40.8 Å². The van der Waals surface area contributed by atoms with Crippen LogP contribution < -0.4 is 5.32 Å². The Morgan fingerprint density at radius 1 is 1.50 bits per heavy atom. The quantitative estimate of drug-likeness (QED) is 0.574. The number of aromatic carboxylic acids is 1. The van der Waals surface area contributed by atoms with Gasteiger partial charge in [0.1, 0.15) is 5.82 Å². The summed E-state index contributed by atoms with van der Waals surface area (Å²) in [7, 11) is 1.63. The van der Waals surface area contributed by atoms with E-state index in [4.69, 9.17) is 4.74 Å². The maximum atomic E-state index is 11.6. The topological polar surface area (TPSA) is 93.5 Å². The van der Waals surface area contributed by atoms with Gasteiger partial charge < -0.3 is 19.7 Å². The number of carboxylic acid groups (broad SMARTS) is 1. The van der Waals surface area contributed by atoms with E-state index in [0.717, 1.165) is 12.2 Å². The van der Waals surface area contributed by atoms with Crippen LogP contribution in [0.4, 0.5) is 5.69 Å². The Balaban J connectivity index is 2.60. The molecule has 2 N–H and O–H groups in total. The maximum Gasteiger partial charge on any atom is 0.337 e. The average Bonchev–Trinajstić information content (AvgIpc) is 2.85. The molecule has 0 saturated heterocycles. The van der Waals surface area contributed by atoms with Crippen molar-refractivity contribution in [3.63, 3.8) is 0 Å². The van der Waals surface area contributed by atoms with E-state index in [1.54, 1.807) is 13.2 Å². The number of aromatic nitrogens is 2. The molecule has 0 bridgehead atoms. The standard InChI is InChI=1S/C15H19N3O4/c1-3-13-17-12-8-10(16-9-19)7-11(15(20)21)14(12)18(13)5-4-6-22-2/h7-9H,3-6H2,1-2H3,(H,16,19)(H,20,21). The van der Waals surface area contributed by atoms with Crippen LogP contribution in [0.1, 0.15) is 29.5 Å². The number of nitrogens with zero attached hydrogens (tertiary/aromatic N) is 2. The minimum Gasteiger partial charge on any atom is -0.478 e. The number of hydrogen-bond donors (Lipinski definition) is 2. The van der Waals surface area contributed by atoms with Crippen molar-refractivity contribution in [2.45, 2.75) is 26.3 Å². The van der Waals surface area contributed by atoms with Gasteiger partial charge in [0, 0.05) is 32.4 Å². The van der Waals surface area contributed by atoms with Crippen molar-refractivity contribution in [1.29, 1.82) is 0 Å². The zero-order chi connectivity index (χ0) is 16.1. The third-order valence-electron chi connectivity index (χ3n) is 3.42. The number of carboxylic acids is 1. The van der Waals surface area contributed by atoms with E-state index in [1.165, 1.54) is 6.07 Å². The van der Waals surface area contributed by atoms with E-state index in [-0.39, 0.29) is 5.56 Å². The normalized spacial score (nSPS) is 10.8. The van der Waals surface area contributed by atoms with Crippen LogP contribution in [0.15, 0.2) is 12.1 Å². The number of ether oxygens (including phenoxy) is 1. The number of carbonyl (C=O) groups is 2. The second-order valence-corrected chi connectivity index (χ2v) is 4.84. The molecule has 22 heavy (non-hydrogen) atoms. The van der Waals surface area contributed by atoms with Crippen LogP contribution in [0.5, 0.6) is 0 Å². The fourth-order valence-electron chi connectivity index (χ4n) is 2.51. The number of carbonyl (C=O) groups excluding carboxylic acids is 1. The lowest BCUT2D eigenvalue weighted by atomic mass is 10.1. The summed E-state index contributed by atoms with van der Waals surface area (Å²) in [5, 5.41) is 12.0. The molecule has 0 saturated carbocycles. The van der Waals surface area contributed by atoms with Crippen LogP contribution in [0, 0.1) is 0 Å². The molecular weight excluding hydrogens is 286 g/mol. The lowest BCUT2D eigenvalue weighted by molar-refractivity contribution is -0.105. The van der Waals surface area contributed by atoms with Crippen molar-refractivity contribution >= 4 is 29.1 Å². The third-order valence-corrected chi connectivity index (χ3v) is 3.42. The molecule has 2 rings (SSSR count). The Labute approximate surface area is 127 Å². The summed E-state index contributed by atoms with van der Waals surface area (Å²) < 4.78 is 6.97. The molecule has 1 aromatic carbocycles. The van der Waals surface area contributed by atoms with Gasteiger partial charge in [0.2, 0.25) is 6.41 Å². The fourth-order valence-corrected chi connectivity index (χ4v) is 2.51. The van der Waals surface area contributed by atoms with Gasteiger partial charge in [0.15, 0.2) is 0 Å². The zero-order valence-corrected chi connectivity index (χ0v) is 12.6. The summed E-state index contributed by atoms with van der Waals surface area (Å²) >= 11 is 0. The highest BCUT2D eigenvalue weighted by Gasteiger charge is 2.18. The van der Waals surface area contributed by atoms with Crippen molar-refractivity contribution in [2.75, 3.05) is 19.0 Å². The molecule has 0 fully saturated rings. The van der Waals surface area contributed by atoms with E-state index >= 15 is 0 Å². The summed E-state index contributed by atoms with van der Waals surface area (Å²) in [4.78, 5) is 26.7. The van der Waals surface area contributed by atoms with Crippen molar-refractivity contribution in [3.8, 4) is 0 Å². The van der Waals surface area contributed by atoms with Crippen molar-refractivity contribution in [2.24, 2.45) is 0 Å². The van der Waals surface area contributed by atoms with E-state index in [9.17, 15) is 14.7 Å². The molecule has 1 heterocycles. The van der Waals surface area contributed by atoms with Crippen LogP contribution in [0.2, 0.25) is 0 Å². The van der Waals surface area contributed by atoms with Crippen molar-refractivity contribution in [1.82, 2.24) is 9.55 Å². The van der Waals surface area contributed by atoms with Gasteiger partial charge in [-0.1, -0.05) is 6.92 Å². The number of benzene rings is 1. The average molecular weight is 305 g/mol. The molecule has 0 spiro atoms. The molecule has 0 atom stereocenters. The second-order valence-electron chi connectivity index (χ2n) is 4.84. The predicted octanol–water partition coefficient (Wildman–Crippen LogP) is 1.90. The Bertz CT molecular complexity index is 694. The smallest absolute Gasteiger partial charge is 0.337 e. The monoisotopic (exact) mass is 305 g/mol. The minimum absolute atomic E-state index is 0.131. The number of rotatable bonds is 8. The molecule has 118 valence electrons. The Hall–Kier alpha value is -2.41. The Kier molecular flexibility index (Phi) is 5.11. The largest absolute Gasteiger partial charge is 0.478 e. The van der Waals surface area contributed by atoms with E-state index < -0.39 is 5.97 Å². The molecule has 1 aromatic heterocycles. The van der Waals surface area contributed by atoms with Gasteiger partial charge in [0.05, 0.1) is 16.6 Å².